The number of nitrogens with zero attached hydrogens (tertiary/aromatic N) is 4. The van der Waals surface area contributed by atoms with Crippen LogP contribution in [0.1, 0.15) is 40.7 Å². The second-order valence-electron chi connectivity index (χ2n) is 8.75. The molecule has 3 amide bonds. The number of rotatable bonds is 7. The molecule has 2 aliphatic rings. The maximum atomic E-state index is 12.6. The smallest absolute Gasteiger partial charge is 0.253 e. The summed E-state index contributed by atoms with van der Waals surface area (Å²) >= 11 is 0. The summed E-state index contributed by atoms with van der Waals surface area (Å²) in [6, 6.07) is 17.1. The van der Waals surface area contributed by atoms with Crippen molar-refractivity contribution in [3.8, 4) is 0 Å². The van der Waals surface area contributed by atoms with Crippen LogP contribution in [0.25, 0.3) is 0 Å². The summed E-state index contributed by atoms with van der Waals surface area (Å²) in [6.07, 6.45) is 0.955. The predicted molar refractivity (Wildman–Crippen MR) is 130 cm³/mol. The van der Waals surface area contributed by atoms with E-state index in [1.165, 1.54) is 5.01 Å². The van der Waals surface area contributed by atoms with Gasteiger partial charge in [0.05, 0.1) is 12.3 Å². The number of likely N-dealkylation sites (N-methyl/N-ethyl adjacent to an activating group) is 1. The van der Waals surface area contributed by atoms with Crippen LogP contribution < -0.4 is 5.32 Å². The van der Waals surface area contributed by atoms with Gasteiger partial charge < -0.3 is 15.1 Å². The van der Waals surface area contributed by atoms with Gasteiger partial charge in [-0.3, -0.25) is 14.4 Å². The fourth-order valence-corrected chi connectivity index (χ4v) is 4.07. The molecule has 178 valence electrons. The third-order valence-corrected chi connectivity index (χ3v) is 6.24. The third-order valence-electron chi connectivity index (χ3n) is 6.24. The number of hydrazone groups is 1. The monoisotopic (exact) mass is 461 g/mol. The van der Waals surface area contributed by atoms with Crippen molar-refractivity contribution in [1.82, 2.24) is 20.1 Å². The second kappa shape index (κ2) is 11.1. The van der Waals surface area contributed by atoms with Crippen LogP contribution in [0, 0.1) is 0 Å². The van der Waals surface area contributed by atoms with E-state index in [0.717, 1.165) is 49.4 Å². The first-order valence-electron chi connectivity index (χ1n) is 11.8. The quantitative estimate of drug-likeness (QED) is 0.684. The lowest BCUT2D eigenvalue weighted by molar-refractivity contribution is -0.133. The van der Waals surface area contributed by atoms with Crippen LogP contribution in [0.5, 0.6) is 0 Å². The summed E-state index contributed by atoms with van der Waals surface area (Å²) < 4.78 is 0. The normalized spacial score (nSPS) is 16.3. The highest BCUT2D eigenvalue weighted by Gasteiger charge is 2.22. The molecule has 1 saturated heterocycles. The fourth-order valence-electron chi connectivity index (χ4n) is 4.07. The number of carbonyl (C=O) groups is 3. The van der Waals surface area contributed by atoms with Gasteiger partial charge >= 0.3 is 0 Å². The first-order chi connectivity index (χ1) is 16.5. The maximum Gasteiger partial charge on any atom is 0.253 e. The van der Waals surface area contributed by atoms with Crippen LogP contribution in [0.2, 0.25) is 0 Å². The Balaban J connectivity index is 1.19. The molecule has 2 aromatic carbocycles. The van der Waals surface area contributed by atoms with E-state index < -0.39 is 0 Å². The molecule has 0 atom stereocenters. The van der Waals surface area contributed by atoms with Crippen molar-refractivity contribution in [2.75, 3.05) is 39.8 Å². The lowest BCUT2D eigenvalue weighted by Gasteiger charge is -2.32. The number of nitrogens with one attached hydrogen (secondary N) is 1. The minimum atomic E-state index is -0.183. The van der Waals surface area contributed by atoms with Gasteiger partial charge in [-0.15, -0.1) is 0 Å². The van der Waals surface area contributed by atoms with Crippen LogP contribution in [0.4, 0.5) is 0 Å². The molecule has 2 aliphatic heterocycles. The molecule has 0 unspecified atom stereocenters. The Morgan fingerprint density at radius 1 is 0.882 bits per heavy atom. The minimum absolute atomic E-state index is 0.0437. The molecule has 1 fully saturated rings. The highest BCUT2D eigenvalue weighted by atomic mass is 16.2. The van der Waals surface area contributed by atoms with E-state index in [1.807, 2.05) is 47.4 Å². The van der Waals surface area contributed by atoms with Crippen molar-refractivity contribution in [2.24, 2.45) is 5.10 Å². The Morgan fingerprint density at radius 3 is 2.29 bits per heavy atom. The molecule has 34 heavy (non-hydrogen) atoms. The minimum Gasteiger partial charge on any atom is -0.352 e. The number of hydrogen-bond donors (Lipinski definition) is 1. The largest absolute Gasteiger partial charge is 0.352 e. The zero-order valence-electron chi connectivity index (χ0n) is 19.6. The van der Waals surface area contributed by atoms with Crippen molar-refractivity contribution < 1.29 is 14.4 Å². The Morgan fingerprint density at radius 2 is 1.59 bits per heavy atom. The van der Waals surface area contributed by atoms with Crippen molar-refractivity contribution in [2.45, 2.75) is 25.8 Å². The molecule has 0 aromatic heterocycles. The van der Waals surface area contributed by atoms with Gasteiger partial charge in [0.25, 0.3) is 5.91 Å². The summed E-state index contributed by atoms with van der Waals surface area (Å²) in [5, 5.41) is 8.74. The Bertz CT molecular complexity index is 1040. The molecule has 0 spiro atoms. The molecule has 2 heterocycles. The van der Waals surface area contributed by atoms with Gasteiger partial charge in [-0.1, -0.05) is 42.5 Å². The van der Waals surface area contributed by atoms with Gasteiger partial charge in [0, 0.05) is 57.5 Å². The van der Waals surface area contributed by atoms with Gasteiger partial charge in [0.15, 0.2) is 0 Å². The first kappa shape index (κ1) is 23.6. The second-order valence-corrected chi connectivity index (χ2v) is 8.75. The maximum absolute atomic E-state index is 12.6. The van der Waals surface area contributed by atoms with Crippen LogP contribution in [-0.4, -0.2) is 78.0 Å². The predicted octanol–water partition coefficient (Wildman–Crippen LogP) is 2.11. The molecule has 1 N–H and O–H groups in total. The summed E-state index contributed by atoms with van der Waals surface area (Å²) in [7, 11) is 2.06. The summed E-state index contributed by atoms with van der Waals surface area (Å²) in [5.74, 6) is -0.285. The average Bonchev–Trinajstić information content (AvgIpc) is 3.37. The standard InChI is InChI=1S/C26H31N5O3/c1-29-15-17-30(18-16-29)26(34)22-9-7-20(8-10-22)19-27-24(32)11-12-25(33)31-14-13-23(28-31)21-5-3-2-4-6-21/h2-10H,11-19H2,1H3,(H,27,32). The number of amides is 3. The molecule has 0 bridgehead atoms. The van der Waals surface area contributed by atoms with E-state index in [9.17, 15) is 14.4 Å². The summed E-state index contributed by atoms with van der Waals surface area (Å²) in [6.45, 7) is 4.15. The highest BCUT2D eigenvalue weighted by Crippen LogP contribution is 2.15. The molecule has 8 heteroatoms. The summed E-state index contributed by atoms with van der Waals surface area (Å²) in [4.78, 5) is 41.4. The van der Waals surface area contributed by atoms with E-state index in [0.29, 0.717) is 18.7 Å². The third kappa shape index (κ3) is 6.08. The van der Waals surface area contributed by atoms with Gasteiger partial charge in [-0.2, -0.15) is 5.10 Å². The van der Waals surface area contributed by atoms with E-state index in [2.05, 4.69) is 22.4 Å². The molecular weight excluding hydrogens is 430 g/mol. The van der Waals surface area contributed by atoms with Gasteiger partial charge in [-0.25, -0.2) is 5.01 Å². The van der Waals surface area contributed by atoms with Crippen LogP contribution in [0.15, 0.2) is 59.7 Å². The molecule has 0 saturated carbocycles. The van der Waals surface area contributed by atoms with Gasteiger partial charge in [0.1, 0.15) is 0 Å². The average molecular weight is 462 g/mol. The van der Waals surface area contributed by atoms with Crippen molar-refractivity contribution in [3.05, 3.63) is 71.3 Å². The number of benzene rings is 2. The zero-order chi connectivity index (χ0) is 23.9. The van der Waals surface area contributed by atoms with Gasteiger partial charge in [-0.05, 0) is 30.3 Å². The SMILES string of the molecule is CN1CCN(C(=O)c2ccc(CNC(=O)CCC(=O)N3CCC(c4ccccc4)=N3)cc2)CC1. The van der Waals surface area contributed by atoms with Crippen LogP contribution >= 0.6 is 0 Å². The molecule has 4 rings (SSSR count). The first-order valence-corrected chi connectivity index (χ1v) is 11.8. The Kier molecular flexibility index (Phi) is 7.69. The van der Waals surface area contributed by atoms with Gasteiger partial charge in [0.2, 0.25) is 11.8 Å². The number of hydrogen-bond acceptors (Lipinski definition) is 5. The lowest BCUT2D eigenvalue weighted by Crippen LogP contribution is -2.47. The lowest BCUT2D eigenvalue weighted by atomic mass is 10.1. The number of carbonyl (C=O) groups excluding carboxylic acids is 3. The van der Waals surface area contributed by atoms with Crippen LogP contribution in [-0.2, 0) is 16.1 Å². The molecule has 0 radical (unpaired) electrons. The topological polar surface area (TPSA) is 85.3 Å². The molecule has 8 nitrogen and oxygen atoms in total. The van der Waals surface area contributed by atoms with E-state index in [-0.39, 0.29) is 30.6 Å². The molecule has 2 aromatic rings. The zero-order valence-corrected chi connectivity index (χ0v) is 19.6. The Hall–Kier alpha value is -3.52. The Labute approximate surface area is 200 Å². The summed E-state index contributed by atoms with van der Waals surface area (Å²) in [5.41, 5.74) is 3.48. The van der Waals surface area contributed by atoms with Crippen molar-refractivity contribution in [1.29, 1.82) is 0 Å². The van der Waals surface area contributed by atoms with Crippen LogP contribution in [0.3, 0.4) is 0 Å². The number of piperazine rings is 1. The van der Waals surface area contributed by atoms with E-state index >= 15 is 0 Å². The fraction of sp³-hybridized carbons (Fsp3) is 0.385. The molecule has 0 aliphatic carbocycles. The van der Waals surface area contributed by atoms with Crippen molar-refractivity contribution >= 4 is 23.4 Å². The van der Waals surface area contributed by atoms with Crippen molar-refractivity contribution in [3.63, 3.8) is 0 Å². The van der Waals surface area contributed by atoms with E-state index in [1.54, 1.807) is 12.1 Å². The molecular formula is C26H31N5O3. The van der Waals surface area contributed by atoms with E-state index in [4.69, 9.17) is 0 Å². The highest BCUT2D eigenvalue weighted by molar-refractivity contribution is 6.02.